The van der Waals surface area contributed by atoms with E-state index in [0.717, 1.165) is 37.3 Å². The molecule has 0 bridgehead atoms. The molecule has 0 unspecified atom stereocenters. The van der Waals surface area contributed by atoms with E-state index < -0.39 is 0 Å². The molecule has 1 aromatic carbocycles. The summed E-state index contributed by atoms with van der Waals surface area (Å²) in [7, 11) is 2.15. The number of phenols is 1. The second kappa shape index (κ2) is 5.23. The molecular formula is C14H20N2O. The fraction of sp³-hybridized carbons (Fsp3) is 0.429. The maximum Gasteiger partial charge on any atom is 0.139 e. The second-order valence-corrected chi connectivity index (χ2v) is 4.74. The van der Waals surface area contributed by atoms with E-state index in [-0.39, 0.29) is 5.75 Å². The van der Waals surface area contributed by atoms with E-state index in [1.54, 1.807) is 6.07 Å². The van der Waals surface area contributed by atoms with Crippen molar-refractivity contribution in [2.45, 2.75) is 12.8 Å². The topological polar surface area (TPSA) is 35.5 Å². The first kappa shape index (κ1) is 12.0. The van der Waals surface area contributed by atoms with Crippen molar-refractivity contribution < 1.29 is 5.11 Å². The number of aromatic hydroxyl groups is 1. The largest absolute Gasteiger partial charge is 0.506 e. The van der Waals surface area contributed by atoms with Gasteiger partial charge in [-0.3, -0.25) is 0 Å². The van der Waals surface area contributed by atoms with Gasteiger partial charge in [-0.15, -0.1) is 0 Å². The number of piperidine rings is 1. The third-order valence-electron chi connectivity index (χ3n) is 3.41. The molecular weight excluding hydrogens is 212 g/mol. The van der Waals surface area contributed by atoms with Gasteiger partial charge in [0.05, 0.1) is 5.69 Å². The van der Waals surface area contributed by atoms with Gasteiger partial charge in [0.25, 0.3) is 0 Å². The number of anilines is 1. The lowest BCUT2D eigenvalue weighted by atomic mass is 9.94. The number of benzene rings is 1. The summed E-state index contributed by atoms with van der Waals surface area (Å²) in [5, 5.41) is 12.9. The zero-order valence-corrected chi connectivity index (χ0v) is 10.3. The van der Waals surface area contributed by atoms with Gasteiger partial charge in [0.15, 0.2) is 0 Å². The molecule has 0 aliphatic carbocycles. The molecule has 3 nitrogen and oxygen atoms in total. The lowest BCUT2D eigenvalue weighted by Gasteiger charge is -2.30. The smallest absolute Gasteiger partial charge is 0.139 e. The number of hydrogen-bond acceptors (Lipinski definition) is 3. The Balaban J connectivity index is 1.95. The van der Waals surface area contributed by atoms with Crippen molar-refractivity contribution in [1.82, 2.24) is 4.90 Å². The van der Waals surface area contributed by atoms with Gasteiger partial charge in [-0.1, -0.05) is 18.7 Å². The van der Waals surface area contributed by atoms with E-state index in [2.05, 4.69) is 23.8 Å². The highest BCUT2D eigenvalue weighted by Crippen LogP contribution is 2.28. The van der Waals surface area contributed by atoms with E-state index in [0.29, 0.717) is 5.92 Å². The fourth-order valence-electron chi connectivity index (χ4n) is 2.21. The molecule has 0 amide bonds. The van der Waals surface area contributed by atoms with Crippen molar-refractivity contribution in [2.24, 2.45) is 5.92 Å². The molecule has 2 N–H and O–H groups in total. The number of phenolic OH excluding ortho intramolecular Hbond substituents is 1. The summed E-state index contributed by atoms with van der Waals surface area (Å²) in [4.78, 5) is 2.34. The Hall–Kier alpha value is -1.48. The highest BCUT2D eigenvalue weighted by atomic mass is 16.3. The number of nitrogens with one attached hydrogen (secondary N) is 1. The number of rotatable bonds is 3. The van der Waals surface area contributed by atoms with Crippen LogP contribution < -0.4 is 5.32 Å². The van der Waals surface area contributed by atoms with Gasteiger partial charge in [0.1, 0.15) is 5.75 Å². The van der Waals surface area contributed by atoms with E-state index >= 15 is 0 Å². The summed E-state index contributed by atoms with van der Waals surface area (Å²) >= 11 is 0. The van der Waals surface area contributed by atoms with Crippen LogP contribution in [0.2, 0.25) is 0 Å². The van der Waals surface area contributed by atoms with Gasteiger partial charge in [0.2, 0.25) is 0 Å². The third-order valence-corrected chi connectivity index (χ3v) is 3.41. The van der Waals surface area contributed by atoms with Gasteiger partial charge in [-0.05, 0) is 45.1 Å². The van der Waals surface area contributed by atoms with Gasteiger partial charge in [-0.2, -0.15) is 0 Å². The van der Waals surface area contributed by atoms with Gasteiger partial charge in [0, 0.05) is 11.6 Å². The average Bonchev–Trinajstić information content (AvgIpc) is 2.33. The van der Waals surface area contributed by atoms with E-state index in [1.807, 2.05) is 18.2 Å². The maximum absolute atomic E-state index is 9.69. The molecule has 0 atom stereocenters. The molecule has 1 aliphatic rings. The summed E-state index contributed by atoms with van der Waals surface area (Å²) in [6.45, 7) is 6.33. The third kappa shape index (κ3) is 3.01. The molecule has 0 radical (unpaired) electrons. The highest BCUT2D eigenvalue weighted by Gasteiger charge is 2.19. The SMILES string of the molecule is C=C(Nc1ccccc1O)C1CCN(C)CC1. The minimum Gasteiger partial charge on any atom is -0.506 e. The number of nitrogens with zero attached hydrogens (tertiary/aromatic N) is 1. The first-order valence-corrected chi connectivity index (χ1v) is 6.09. The lowest BCUT2D eigenvalue weighted by Crippen LogP contribution is -2.31. The van der Waals surface area contributed by atoms with Crippen LogP contribution in [0.25, 0.3) is 0 Å². The van der Waals surface area contributed by atoms with Crippen molar-refractivity contribution in [3.05, 3.63) is 36.5 Å². The van der Waals surface area contributed by atoms with Crippen LogP contribution in [0.5, 0.6) is 5.75 Å². The van der Waals surface area contributed by atoms with Crippen LogP contribution in [0.4, 0.5) is 5.69 Å². The first-order chi connectivity index (χ1) is 8.16. The first-order valence-electron chi connectivity index (χ1n) is 6.09. The van der Waals surface area contributed by atoms with Crippen molar-refractivity contribution >= 4 is 5.69 Å². The monoisotopic (exact) mass is 232 g/mol. The Bertz CT molecular complexity index is 395. The van der Waals surface area contributed by atoms with Crippen LogP contribution in [0.1, 0.15) is 12.8 Å². The molecule has 92 valence electrons. The van der Waals surface area contributed by atoms with Crippen molar-refractivity contribution in [1.29, 1.82) is 0 Å². The van der Waals surface area contributed by atoms with Crippen molar-refractivity contribution in [3.63, 3.8) is 0 Å². The number of likely N-dealkylation sites (tertiary alicyclic amines) is 1. The molecule has 0 saturated carbocycles. The Morgan fingerprint density at radius 1 is 1.35 bits per heavy atom. The number of hydrogen-bond donors (Lipinski definition) is 2. The number of allylic oxidation sites excluding steroid dienone is 1. The van der Waals surface area contributed by atoms with E-state index in [4.69, 9.17) is 0 Å². The molecule has 2 rings (SSSR count). The van der Waals surface area contributed by atoms with Gasteiger partial charge in [-0.25, -0.2) is 0 Å². The van der Waals surface area contributed by atoms with Gasteiger partial charge < -0.3 is 15.3 Å². The minimum atomic E-state index is 0.279. The predicted molar refractivity (Wildman–Crippen MR) is 71.1 cm³/mol. The molecule has 0 aromatic heterocycles. The molecule has 3 heteroatoms. The summed E-state index contributed by atoms with van der Waals surface area (Å²) in [5.74, 6) is 0.785. The zero-order valence-electron chi connectivity index (χ0n) is 10.3. The Labute approximate surface area is 103 Å². The molecule has 1 heterocycles. The van der Waals surface area contributed by atoms with Crippen LogP contribution in [0, 0.1) is 5.92 Å². The lowest BCUT2D eigenvalue weighted by molar-refractivity contribution is 0.239. The Kier molecular flexibility index (Phi) is 3.69. The molecule has 1 saturated heterocycles. The number of para-hydroxylation sites is 2. The Morgan fingerprint density at radius 2 is 2.00 bits per heavy atom. The molecule has 0 spiro atoms. The zero-order chi connectivity index (χ0) is 12.3. The summed E-state index contributed by atoms with van der Waals surface area (Å²) in [6.07, 6.45) is 2.27. The standard InChI is InChI=1S/C14H20N2O/c1-11(12-7-9-16(2)10-8-12)15-13-5-3-4-6-14(13)17/h3-6,12,15,17H,1,7-10H2,2H3. The highest BCUT2D eigenvalue weighted by molar-refractivity contribution is 5.58. The summed E-state index contributed by atoms with van der Waals surface area (Å²) < 4.78 is 0. The van der Waals surface area contributed by atoms with Crippen LogP contribution in [-0.4, -0.2) is 30.1 Å². The minimum absolute atomic E-state index is 0.279. The normalized spacial score (nSPS) is 17.9. The quantitative estimate of drug-likeness (QED) is 0.786. The van der Waals surface area contributed by atoms with Crippen LogP contribution >= 0.6 is 0 Å². The van der Waals surface area contributed by atoms with Crippen LogP contribution in [0.15, 0.2) is 36.5 Å². The second-order valence-electron chi connectivity index (χ2n) is 4.74. The molecule has 1 aromatic rings. The summed E-state index contributed by atoms with van der Waals surface area (Å²) in [6, 6.07) is 7.28. The van der Waals surface area contributed by atoms with Crippen LogP contribution in [0.3, 0.4) is 0 Å². The fourth-order valence-corrected chi connectivity index (χ4v) is 2.21. The van der Waals surface area contributed by atoms with Crippen molar-refractivity contribution in [2.75, 3.05) is 25.5 Å². The maximum atomic E-state index is 9.69. The molecule has 17 heavy (non-hydrogen) atoms. The average molecular weight is 232 g/mol. The van der Waals surface area contributed by atoms with Crippen molar-refractivity contribution in [3.8, 4) is 5.75 Å². The van der Waals surface area contributed by atoms with E-state index in [9.17, 15) is 5.11 Å². The van der Waals surface area contributed by atoms with E-state index in [1.165, 1.54) is 0 Å². The van der Waals surface area contributed by atoms with Crippen LogP contribution in [-0.2, 0) is 0 Å². The Morgan fingerprint density at radius 3 is 2.65 bits per heavy atom. The predicted octanol–water partition coefficient (Wildman–Crippen LogP) is 2.66. The molecule has 1 fully saturated rings. The van der Waals surface area contributed by atoms with Gasteiger partial charge >= 0.3 is 0 Å². The molecule has 1 aliphatic heterocycles. The summed E-state index contributed by atoms with van der Waals surface area (Å²) in [5.41, 5.74) is 1.76.